The number of hydrogen-bond acceptors (Lipinski definition) is 2. The maximum atomic E-state index is 12.8. The molecule has 1 aromatic rings. The minimum atomic E-state index is -0.0900. The molecular weight excluding hydrogens is 274 g/mol. The number of hydrogen-bond donors (Lipinski definition) is 2. The highest BCUT2D eigenvalue weighted by molar-refractivity contribution is 5.95. The lowest BCUT2D eigenvalue weighted by atomic mass is 9.54. The Bertz CT molecular complexity index is 555. The maximum absolute atomic E-state index is 12.8. The van der Waals surface area contributed by atoms with Gasteiger partial charge < -0.3 is 5.32 Å². The van der Waals surface area contributed by atoms with E-state index in [0.717, 1.165) is 23.1 Å². The maximum Gasteiger partial charge on any atom is 0.255 e. The van der Waals surface area contributed by atoms with E-state index in [9.17, 15) is 4.79 Å². The lowest BCUT2D eigenvalue weighted by Gasteiger charge is -2.54. The average Bonchev–Trinajstić information content (AvgIpc) is 2.91. The predicted octanol–water partition coefficient (Wildman–Crippen LogP) is 3.26. The Balaban J connectivity index is 1.52. The second-order valence-corrected chi connectivity index (χ2v) is 8.84. The molecule has 22 heavy (non-hydrogen) atoms. The topological polar surface area (TPSA) is 57.8 Å². The van der Waals surface area contributed by atoms with Gasteiger partial charge >= 0.3 is 0 Å². The summed E-state index contributed by atoms with van der Waals surface area (Å²) in [4.78, 5) is 12.8. The molecule has 4 heteroatoms. The predicted molar refractivity (Wildman–Crippen MR) is 85.6 cm³/mol. The highest BCUT2D eigenvalue weighted by atomic mass is 16.1. The molecule has 0 spiro atoms. The largest absolute Gasteiger partial charge is 0.349 e. The lowest BCUT2D eigenvalue weighted by Crippen LogP contribution is -2.55. The van der Waals surface area contributed by atoms with Crippen molar-refractivity contribution in [1.82, 2.24) is 15.5 Å². The van der Waals surface area contributed by atoms with Gasteiger partial charge in [0.25, 0.3) is 5.91 Å². The quantitative estimate of drug-likeness (QED) is 0.881. The van der Waals surface area contributed by atoms with Gasteiger partial charge in [-0.05, 0) is 55.8 Å². The number of aromatic amines is 1. The first-order valence-electron chi connectivity index (χ1n) is 8.76. The van der Waals surface area contributed by atoms with Gasteiger partial charge in [-0.1, -0.05) is 20.8 Å². The SMILES string of the molecule is CC(C)(C)c1[nH]ncc1C(=O)NC1C2CC3CC(C2)CC1C3. The Morgan fingerprint density at radius 2 is 1.73 bits per heavy atom. The third-order valence-electron chi connectivity index (χ3n) is 6.16. The van der Waals surface area contributed by atoms with Crippen molar-refractivity contribution >= 4 is 5.91 Å². The fourth-order valence-corrected chi connectivity index (χ4v) is 5.42. The molecule has 0 atom stereocenters. The molecule has 1 amide bonds. The van der Waals surface area contributed by atoms with Crippen LogP contribution in [0.15, 0.2) is 6.20 Å². The Hall–Kier alpha value is -1.32. The van der Waals surface area contributed by atoms with Crippen LogP contribution in [0.5, 0.6) is 0 Å². The van der Waals surface area contributed by atoms with Crippen molar-refractivity contribution in [3.8, 4) is 0 Å². The average molecular weight is 301 g/mol. The molecule has 0 aliphatic heterocycles. The molecule has 4 aliphatic rings. The summed E-state index contributed by atoms with van der Waals surface area (Å²) in [7, 11) is 0. The lowest BCUT2D eigenvalue weighted by molar-refractivity contribution is -0.0119. The first kappa shape index (κ1) is 14.3. The molecule has 1 aromatic heterocycles. The zero-order valence-electron chi connectivity index (χ0n) is 13.9. The van der Waals surface area contributed by atoms with Gasteiger partial charge in [-0.3, -0.25) is 9.89 Å². The minimum Gasteiger partial charge on any atom is -0.349 e. The number of carbonyl (C=O) groups is 1. The summed E-state index contributed by atoms with van der Waals surface area (Å²) in [6, 6.07) is 0.392. The molecule has 4 aliphatic carbocycles. The van der Waals surface area contributed by atoms with E-state index in [1.165, 1.54) is 32.1 Å². The molecule has 0 aromatic carbocycles. The summed E-state index contributed by atoms with van der Waals surface area (Å²) in [5, 5.41) is 10.5. The van der Waals surface area contributed by atoms with Gasteiger partial charge in [0.2, 0.25) is 0 Å². The van der Waals surface area contributed by atoms with Crippen molar-refractivity contribution in [2.24, 2.45) is 23.7 Å². The number of rotatable bonds is 2. The molecule has 0 unspecified atom stereocenters. The molecule has 0 saturated heterocycles. The van der Waals surface area contributed by atoms with E-state index in [-0.39, 0.29) is 11.3 Å². The van der Waals surface area contributed by atoms with Crippen LogP contribution in [0.25, 0.3) is 0 Å². The molecule has 4 saturated carbocycles. The first-order valence-corrected chi connectivity index (χ1v) is 8.76. The van der Waals surface area contributed by atoms with E-state index in [2.05, 4.69) is 36.3 Å². The van der Waals surface area contributed by atoms with Gasteiger partial charge in [-0.2, -0.15) is 5.10 Å². The van der Waals surface area contributed by atoms with Crippen molar-refractivity contribution in [3.63, 3.8) is 0 Å². The first-order chi connectivity index (χ1) is 10.4. The van der Waals surface area contributed by atoms with Gasteiger partial charge in [-0.25, -0.2) is 0 Å². The molecule has 120 valence electrons. The standard InChI is InChI=1S/C18H27N3O/c1-18(2,3)16-14(9-19-21-16)17(22)20-15-12-5-10-4-11(7-12)8-13(15)6-10/h9-13,15H,4-8H2,1-3H3,(H,19,21)(H,20,22). The van der Waals surface area contributed by atoms with E-state index < -0.39 is 0 Å². The summed E-state index contributed by atoms with van der Waals surface area (Å²) in [5.74, 6) is 3.37. The fraction of sp³-hybridized carbons (Fsp3) is 0.778. The Kier molecular flexibility index (Phi) is 3.14. The van der Waals surface area contributed by atoms with Gasteiger partial charge in [0.05, 0.1) is 17.5 Å². The minimum absolute atomic E-state index is 0.0659. The Labute approximate surface area is 132 Å². The fourth-order valence-electron chi connectivity index (χ4n) is 5.42. The van der Waals surface area contributed by atoms with Crippen molar-refractivity contribution in [1.29, 1.82) is 0 Å². The number of H-pyrrole nitrogens is 1. The van der Waals surface area contributed by atoms with Crippen LogP contribution in [-0.2, 0) is 5.41 Å². The molecule has 1 heterocycles. The van der Waals surface area contributed by atoms with Crippen LogP contribution in [0.1, 0.15) is 68.9 Å². The summed E-state index contributed by atoms with van der Waals surface area (Å²) in [6.07, 6.45) is 8.45. The van der Waals surface area contributed by atoms with Gasteiger partial charge in [0.15, 0.2) is 0 Å². The molecule has 4 fully saturated rings. The number of aromatic nitrogens is 2. The van der Waals surface area contributed by atoms with Crippen LogP contribution in [-0.4, -0.2) is 22.1 Å². The third-order valence-corrected chi connectivity index (χ3v) is 6.16. The van der Waals surface area contributed by atoms with Crippen LogP contribution in [0, 0.1) is 23.7 Å². The second kappa shape index (κ2) is 4.84. The van der Waals surface area contributed by atoms with E-state index in [4.69, 9.17) is 0 Å². The zero-order valence-corrected chi connectivity index (χ0v) is 13.9. The van der Waals surface area contributed by atoms with Crippen molar-refractivity contribution in [2.45, 2.75) is 64.3 Å². The highest BCUT2D eigenvalue weighted by Crippen LogP contribution is 2.53. The van der Waals surface area contributed by atoms with E-state index in [1.807, 2.05) is 0 Å². The van der Waals surface area contributed by atoms with Crippen molar-refractivity contribution in [3.05, 3.63) is 17.5 Å². The summed E-state index contributed by atoms with van der Waals surface area (Å²) >= 11 is 0. The smallest absolute Gasteiger partial charge is 0.255 e. The Morgan fingerprint density at radius 1 is 1.14 bits per heavy atom. The molecule has 4 nitrogen and oxygen atoms in total. The van der Waals surface area contributed by atoms with Crippen LogP contribution in [0.2, 0.25) is 0 Å². The molecule has 5 rings (SSSR count). The van der Waals surface area contributed by atoms with Crippen LogP contribution < -0.4 is 5.32 Å². The number of amides is 1. The Morgan fingerprint density at radius 3 is 2.27 bits per heavy atom. The van der Waals surface area contributed by atoms with E-state index in [1.54, 1.807) is 6.20 Å². The van der Waals surface area contributed by atoms with Gasteiger partial charge in [0, 0.05) is 11.5 Å². The number of nitrogens with zero attached hydrogens (tertiary/aromatic N) is 1. The number of nitrogens with one attached hydrogen (secondary N) is 2. The van der Waals surface area contributed by atoms with Gasteiger partial charge in [-0.15, -0.1) is 0 Å². The van der Waals surface area contributed by atoms with Crippen molar-refractivity contribution < 1.29 is 4.79 Å². The highest BCUT2D eigenvalue weighted by Gasteiger charge is 2.48. The zero-order chi connectivity index (χ0) is 15.5. The van der Waals surface area contributed by atoms with Crippen molar-refractivity contribution in [2.75, 3.05) is 0 Å². The van der Waals surface area contributed by atoms with Gasteiger partial charge in [0.1, 0.15) is 0 Å². The van der Waals surface area contributed by atoms with E-state index in [0.29, 0.717) is 17.9 Å². The normalized spacial score (nSPS) is 36.6. The summed E-state index contributed by atoms with van der Waals surface area (Å²) in [6.45, 7) is 6.33. The van der Waals surface area contributed by atoms with Crippen LogP contribution >= 0.6 is 0 Å². The third kappa shape index (κ3) is 2.27. The number of carbonyl (C=O) groups excluding carboxylic acids is 1. The van der Waals surface area contributed by atoms with Crippen LogP contribution in [0.3, 0.4) is 0 Å². The molecular formula is C18H27N3O. The monoisotopic (exact) mass is 301 g/mol. The van der Waals surface area contributed by atoms with E-state index >= 15 is 0 Å². The molecule has 4 bridgehead atoms. The summed E-state index contributed by atoms with van der Waals surface area (Å²) < 4.78 is 0. The summed E-state index contributed by atoms with van der Waals surface area (Å²) in [5.41, 5.74) is 1.57. The molecule has 0 radical (unpaired) electrons. The van der Waals surface area contributed by atoms with Crippen LogP contribution in [0.4, 0.5) is 0 Å². The second-order valence-electron chi connectivity index (χ2n) is 8.84. The molecule has 2 N–H and O–H groups in total.